The lowest BCUT2D eigenvalue weighted by Gasteiger charge is -2.12. The highest BCUT2D eigenvalue weighted by molar-refractivity contribution is 6.03. The van der Waals surface area contributed by atoms with Crippen molar-refractivity contribution in [2.45, 2.75) is 13.8 Å². The molecule has 0 atom stereocenters. The van der Waals surface area contributed by atoms with Crippen LogP contribution >= 0.6 is 0 Å². The topological polar surface area (TPSA) is 85.4 Å². The van der Waals surface area contributed by atoms with Gasteiger partial charge in [-0.3, -0.25) is 4.79 Å². The van der Waals surface area contributed by atoms with Gasteiger partial charge >= 0.3 is 0 Å². The summed E-state index contributed by atoms with van der Waals surface area (Å²) in [5.41, 5.74) is 3.33. The van der Waals surface area contributed by atoms with Crippen LogP contribution in [0.4, 0.5) is 17.3 Å². The Morgan fingerprint density at radius 1 is 0.964 bits per heavy atom. The van der Waals surface area contributed by atoms with E-state index in [0.717, 1.165) is 11.3 Å². The largest absolute Gasteiger partial charge is 0.497 e. The van der Waals surface area contributed by atoms with Crippen LogP contribution in [0.3, 0.4) is 0 Å². The van der Waals surface area contributed by atoms with Gasteiger partial charge in [-0.1, -0.05) is 12.1 Å². The van der Waals surface area contributed by atoms with E-state index in [9.17, 15) is 4.79 Å². The van der Waals surface area contributed by atoms with E-state index in [1.54, 1.807) is 38.5 Å². The van der Waals surface area contributed by atoms with E-state index in [2.05, 4.69) is 20.6 Å². The summed E-state index contributed by atoms with van der Waals surface area (Å²) < 4.78 is 10.6. The zero-order valence-corrected chi connectivity index (χ0v) is 16.2. The normalized spacial score (nSPS) is 10.3. The average molecular weight is 378 g/mol. The van der Waals surface area contributed by atoms with E-state index in [1.165, 1.54) is 0 Å². The summed E-state index contributed by atoms with van der Waals surface area (Å²) >= 11 is 0. The van der Waals surface area contributed by atoms with Crippen molar-refractivity contribution >= 4 is 23.2 Å². The second kappa shape index (κ2) is 8.39. The number of hydrogen-bond donors (Lipinski definition) is 2. The second-order valence-corrected chi connectivity index (χ2v) is 6.23. The number of hydrogen-bond acceptors (Lipinski definition) is 6. The number of nitrogens with zero attached hydrogens (tertiary/aromatic N) is 2. The molecule has 3 aromatic rings. The first-order valence-electron chi connectivity index (χ1n) is 8.71. The molecule has 7 heteroatoms. The van der Waals surface area contributed by atoms with Gasteiger partial charge in [0.2, 0.25) is 5.95 Å². The van der Waals surface area contributed by atoms with Gasteiger partial charge in [-0.2, -0.15) is 0 Å². The molecule has 28 heavy (non-hydrogen) atoms. The van der Waals surface area contributed by atoms with Crippen LogP contribution in [0.1, 0.15) is 21.7 Å². The number of ether oxygens (including phenoxy) is 2. The molecule has 0 radical (unpaired) electrons. The quantitative estimate of drug-likeness (QED) is 0.671. The average Bonchev–Trinajstić information content (AvgIpc) is 2.68. The molecule has 144 valence electrons. The molecule has 7 nitrogen and oxygen atoms in total. The predicted molar refractivity (Wildman–Crippen MR) is 109 cm³/mol. The molecule has 0 aliphatic carbocycles. The highest BCUT2D eigenvalue weighted by Crippen LogP contribution is 2.27. The number of aromatic nitrogens is 2. The standard InChI is InChI=1S/C21H22N4O3/c1-13-8-9-19(28-4)17(10-13)24-21-22-14(2)11-18(25-21)20(26)23-15-6-5-7-16(12-15)27-3/h5-12H,1-4H3,(H,23,26)(H,22,24,25). The molecule has 0 aliphatic rings. The van der Waals surface area contributed by atoms with Crippen molar-refractivity contribution in [1.29, 1.82) is 0 Å². The van der Waals surface area contributed by atoms with Crippen molar-refractivity contribution in [2.24, 2.45) is 0 Å². The number of methoxy groups -OCH3 is 2. The molecule has 2 N–H and O–H groups in total. The zero-order valence-electron chi connectivity index (χ0n) is 16.2. The van der Waals surface area contributed by atoms with Gasteiger partial charge in [0.05, 0.1) is 19.9 Å². The van der Waals surface area contributed by atoms with Gasteiger partial charge in [0.25, 0.3) is 5.91 Å². The van der Waals surface area contributed by atoms with Crippen molar-refractivity contribution < 1.29 is 14.3 Å². The minimum absolute atomic E-state index is 0.254. The van der Waals surface area contributed by atoms with E-state index < -0.39 is 0 Å². The van der Waals surface area contributed by atoms with Crippen LogP contribution in [-0.2, 0) is 0 Å². The van der Waals surface area contributed by atoms with Gasteiger partial charge in [-0.05, 0) is 49.7 Å². The van der Waals surface area contributed by atoms with E-state index in [1.807, 2.05) is 38.1 Å². The summed E-state index contributed by atoms with van der Waals surface area (Å²) in [5.74, 6) is 1.31. The first-order chi connectivity index (χ1) is 13.5. The molecular weight excluding hydrogens is 356 g/mol. The molecule has 2 aromatic carbocycles. The van der Waals surface area contributed by atoms with E-state index in [-0.39, 0.29) is 11.6 Å². The van der Waals surface area contributed by atoms with Crippen LogP contribution in [-0.4, -0.2) is 30.1 Å². The molecule has 0 saturated carbocycles. The fourth-order valence-corrected chi connectivity index (χ4v) is 2.68. The summed E-state index contributed by atoms with van der Waals surface area (Å²) in [6.45, 7) is 3.79. The third kappa shape index (κ3) is 4.56. The van der Waals surface area contributed by atoms with Gasteiger partial charge < -0.3 is 20.1 Å². The molecular formula is C21H22N4O3. The fraction of sp³-hybridized carbons (Fsp3) is 0.190. The van der Waals surface area contributed by atoms with Crippen molar-refractivity contribution in [2.75, 3.05) is 24.9 Å². The number of benzene rings is 2. The summed E-state index contributed by atoms with van der Waals surface area (Å²) in [4.78, 5) is 21.4. The minimum Gasteiger partial charge on any atom is -0.497 e. The Labute approximate surface area is 163 Å². The van der Waals surface area contributed by atoms with E-state index in [0.29, 0.717) is 28.8 Å². The number of carbonyl (C=O) groups excluding carboxylic acids is 1. The number of carbonyl (C=O) groups is 1. The SMILES string of the molecule is COc1cccc(NC(=O)c2cc(C)nc(Nc3cc(C)ccc3OC)n2)c1. The summed E-state index contributed by atoms with van der Waals surface area (Å²) in [6, 6.07) is 14.5. The second-order valence-electron chi connectivity index (χ2n) is 6.23. The van der Waals surface area contributed by atoms with E-state index in [4.69, 9.17) is 9.47 Å². The summed E-state index contributed by atoms with van der Waals surface area (Å²) in [7, 11) is 3.17. The van der Waals surface area contributed by atoms with Crippen LogP contribution in [0.15, 0.2) is 48.5 Å². The van der Waals surface area contributed by atoms with Crippen molar-refractivity contribution in [3.63, 3.8) is 0 Å². The third-order valence-corrected chi connectivity index (χ3v) is 4.02. The minimum atomic E-state index is -0.335. The molecule has 1 amide bonds. The molecule has 0 unspecified atom stereocenters. The maximum Gasteiger partial charge on any atom is 0.274 e. The lowest BCUT2D eigenvalue weighted by atomic mass is 10.2. The zero-order chi connectivity index (χ0) is 20.1. The van der Waals surface area contributed by atoms with Crippen molar-refractivity contribution in [3.8, 4) is 11.5 Å². The fourth-order valence-electron chi connectivity index (χ4n) is 2.68. The summed E-state index contributed by atoms with van der Waals surface area (Å²) in [5, 5.41) is 5.96. The number of aryl methyl sites for hydroxylation is 2. The predicted octanol–water partition coefficient (Wildman–Crippen LogP) is 4.11. The molecule has 0 bridgehead atoms. The third-order valence-electron chi connectivity index (χ3n) is 4.02. The maximum absolute atomic E-state index is 12.7. The molecule has 1 aromatic heterocycles. The Morgan fingerprint density at radius 2 is 1.79 bits per heavy atom. The Kier molecular flexibility index (Phi) is 5.74. The highest BCUT2D eigenvalue weighted by Gasteiger charge is 2.13. The first-order valence-corrected chi connectivity index (χ1v) is 8.71. The lowest BCUT2D eigenvalue weighted by molar-refractivity contribution is 0.102. The van der Waals surface area contributed by atoms with Gasteiger partial charge in [-0.15, -0.1) is 0 Å². The maximum atomic E-state index is 12.7. The number of rotatable bonds is 6. The van der Waals surface area contributed by atoms with Crippen molar-refractivity contribution in [1.82, 2.24) is 9.97 Å². The van der Waals surface area contributed by atoms with Crippen LogP contribution in [0.25, 0.3) is 0 Å². The Balaban J connectivity index is 1.85. The number of anilines is 3. The van der Waals surface area contributed by atoms with Gasteiger partial charge in [0.1, 0.15) is 17.2 Å². The van der Waals surface area contributed by atoms with Crippen LogP contribution < -0.4 is 20.1 Å². The summed E-state index contributed by atoms with van der Waals surface area (Å²) in [6.07, 6.45) is 0. The van der Waals surface area contributed by atoms with Crippen LogP contribution in [0.5, 0.6) is 11.5 Å². The highest BCUT2D eigenvalue weighted by atomic mass is 16.5. The molecule has 3 rings (SSSR count). The van der Waals surface area contributed by atoms with E-state index >= 15 is 0 Å². The smallest absolute Gasteiger partial charge is 0.274 e. The van der Waals surface area contributed by atoms with Gasteiger partial charge in [0, 0.05) is 17.4 Å². The molecule has 0 aliphatic heterocycles. The number of nitrogens with one attached hydrogen (secondary N) is 2. The molecule has 0 spiro atoms. The molecule has 0 fully saturated rings. The molecule has 0 saturated heterocycles. The van der Waals surface area contributed by atoms with Gasteiger partial charge in [-0.25, -0.2) is 9.97 Å². The lowest BCUT2D eigenvalue weighted by Crippen LogP contribution is -2.15. The molecule has 1 heterocycles. The Bertz CT molecular complexity index is 1000. The van der Waals surface area contributed by atoms with Crippen LogP contribution in [0.2, 0.25) is 0 Å². The Hall–Kier alpha value is -3.61. The Morgan fingerprint density at radius 3 is 2.54 bits per heavy atom. The van der Waals surface area contributed by atoms with Crippen molar-refractivity contribution in [3.05, 3.63) is 65.5 Å². The monoisotopic (exact) mass is 378 g/mol. The van der Waals surface area contributed by atoms with Gasteiger partial charge in [0.15, 0.2) is 0 Å². The first kappa shape index (κ1) is 19.2. The van der Waals surface area contributed by atoms with Crippen LogP contribution in [0, 0.1) is 13.8 Å². The number of amides is 1.